The number of nitrogens with zero attached hydrogens (tertiary/aromatic N) is 3. The highest BCUT2D eigenvalue weighted by atomic mass is 16.4. The van der Waals surface area contributed by atoms with Crippen molar-refractivity contribution in [1.82, 2.24) is 9.78 Å². The molecule has 0 aromatic carbocycles. The Hall–Kier alpha value is -1.52. The van der Waals surface area contributed by atoms with E-state index in [0.29, 0.717) is 18.2 Å². The van der Waals surface area contributed by atoms with Crippen LogP contribution in [0.1, 0.15) is 38.1 Å². The number of nitrogens with two attached hydrogens (primary N) is 1. The number of rotatable bonds is 3. The lowest BCUT2D eigenvalue weighted by atomic mass is 10.1. The van der Waals surface area contributed by atoms with Gasteiger partial charge in [0, 0.05) is 6.54 Å². The molecule has 0 aliphatic carbocycles. The molecule has 3 N–H and O–H groups in total. The number of hydrogen-bond acceptors (Lipinski definition) is 3. The van der Waals surface area contributed by atoms with Crippen molar-refractivity contribution in [1.29, 1.82) is 0 Å². The molecule has 0 radical (unpaired) electrons. The Kier molecular flexibility index (Phi) is 3.11. The molecule has 14 heavy (non-hydrogen) atoms. The van der Waals surface area contributed by atoms with Gasteiger partial charge in [-0.3, -0.25) is 4.68 Å². The molecule has 1 aromatic heterocycles. The Labute approximate surface area is 83.2 Å². The van der Waals surface area contributed by atoms with E-state index >= 15 is 0 Å². The van der Waals surface area contributed by atoms with Gasteiger partial charge in [-0.2, -0.15) is 5.10 Å². The highest BCUT2D eigenvalue weighted by Gasteiger charge is 2.12. The SMILES string of the molecule is CCn1nc(C(C)C)cc1/C(N)=N/O. The third-order valence-electron chi connectivity index (χ3n) is 2.06. The summed E-state index contributed by atoms with van der Waals surface area (Å²) in [6.45, 7) is 6.78. The van der Waals surface area contributed by atoms with Gasteiger partial charge in [0.25, 0.3) is 0 Å². The van der Waals surface area contributed by atoms with Crippen LogP contribution < -0.4 is 5.73 Å². The van der Waals surface area contributed by atoms with E-state index in [-0.39, 0.29) is 5.84 Å². The van der Waals surface area contributed by atoms with Crippen LogP contribution in [-0.4, -0.2) is 20.8 Å². The second-order valence-electron chi connectivity index (χ2n) is 3.41. The molecule has 5 heteroatoms. The number of aryl methyl sites for hydroxylation is 1. The van der Waals surface area contributed by atoms with E-state index in [9.17, 15) is 0 Å². The lowest BCUT2D eigenvalue weighted by molar-refractivity contribution is 0.318. The molecule has 0 saturated heterocycles. The minimum atomic E-state index is 0.103. The van der Waals surface area contributed by atoms with Gasteiger partial charge in [-0.25, -0.2) is 0 Å². The molecule has 0 saturated carbocycles. The van der Waals surface area contributed by atoms with Crippen LogP contribution in [0, 0.1) is 0 Å². The molecule has 0 atom stereocenters. The van der Waals surface area contributed by atoms with Gasteiger partial charge >= 0.3 is 0 Å². The van der Waals surface area contributed by atoms with Gasteiger partial charge in [0.1, 0.15) is 5.69 Å². The molecule has 1 aromatic rings. The third-order valence-corrected chi connectivity index (χ3v) is 2.06. The summed E-state index contributed by atoms with van der Waals surface area (Å²) in [5.41, 5.74) is 7.14. The van der Waals surface area contributed by atoms with E-state index in [1.165, 1.54) is 0 Å². The smallest absolute Gasteiger partial charge is 0.188 e. The third kappa shape index (κ3) is 1.86. The van der Waals surface area contributed by atoms with Crippen LogP contribution in [0.25, 0.3) is 0 Å². The van der Waals surface area contributed by atoms with E-state index in [4.69, 9.17) is 10.9 Å². The standard InChI is InChI=1S/C9H16N4O/c1-4-13-8(9(10)12-14)5-7(11-13)6(2)3/h5-6,14H,4H2,1-3H3,(H2,10,12). The molecule has 0 unspecified atom stereocenters. The van der Waals surface area contributed by atoms with Gasteiger partial charge < -0.3 is 10.9 Å². The Bertz CT molecular complexity index is 341. The molecule has 0 bridgehead atoms. The molecule has 1 heterocycles. The first kappa shape index (κ1) is 10.6. The largest absolute Gasteiger partial charge is 0.409 e. The maximum absolute atomic E-state index is 8.58. The van der Waals surface area contributed by atoms with Crippen molar-refractivity contribution >= 4 is 5.84 Å². The van der Waals surface area contributed by atoms with Gasteiger partial charge in [-0.1, -0.05) is 19.0 Å². The predicted molar refractivity (Wildman–Crippen MR) is 54.5 cm³/mol. The summed E-state index contributed by atoms with van der Waals surface area (Å²) >= 11 is 0. The first-order valence-electron chi connectivity index (χ1n) is 4.65. The minimum Gasteiger partial charge on any atom is -0.409 e. The van der Waals surface area contributed by atoms with Crippen molar-refractivity contribution in [2.24, 2.45) is 10.9 Å². The maximum Gasteiger partial charge on any atom is 0.188 e. The molecule has 0 aliphatic heterocycles. The Morgan fingerprint density at radius 2 is 2.36 bits per heavy atom. The molecular weight excluding hydrogens is 180 g/mol. The van der Waals surface area contributed by atoms with Crippen LogP contribution in [-0.2, 0) is 6.54 Å². The number of hydrogen-bond donors (Lipinski definition) is 2. The second kappa shape index (κ2) is 4.13. The van der Waals surface area contributed by atoms with E-state index in [1.807, 2.05) is 13.0 Å². The topological polar surface area (TPSA) is 76.4 Å². The fraction of sp³-hybridized carbons (Fsp3) is 0.556. The summed E-state index contributed by atoms with van der Waals surface area (Å²) in [4.78, 5) is 0. The monoisotopic (exact) mass is 196 g/mol. The average molecular weight is 196 g/mol. The molecule has 1 rings (SSSR count). The lowest BCUT2D eigenvalue weighted by Crippen LogP contribution is -2.18. The van der Waals surface area contributed by atoms with Crippen molar-refractivity contribution < 1.29 is 5.21 Å². The van der Waals surface area contributed by atoms with Crippen molar-refractivity contribution in [2.45, 2.75) is 33.2 Å². The van der Waals surface area contributed by atoms with Gasteiger partial charge in [-0.15, -0.1) is 0 Å². The number of oxime groups is 1. The summed E-state index contributed by atoms with van der Waals surface area (Å²) in [6, 6.07) is 1.85. The zero-order valence-electron chi connectivity index (χ0n) is 8.73. The zero-order chi connectivity index (χ0) is 10.7. The molecule has 0 aliphatic rings. The van der Waals surface area contributed by atoms with Crippen molar-refractivity contribution in [3.8, 4) is 0 Å². The Morgan fingerprint density at radius 1 is 1.71 bits per heavy atom. The minimum absolute atomic E-state index is 0.103. The highest BCUT2D eigenvalue weighted by Crippen LogP contribution is 2.14. The van der Waals surface area contributed by atoms with E-state index in [0.717, 1.165) is 5.69 Å². The van der Waals surface area contributed by atoms with E-state index in [2.05, 4.69) is 24.1 Å². The van der Waals surface area contributed by atoms with Crippen LogP contribution in [0.15, 0.2) is 11.2 Å². The van der Waals surface area contributed by atoms with Crippen LogP contribution in [0.5, 0.6) is 0 Å². The summed E-state index contributed by atoms with van der Waals surface area (Å²) in [5, 5.41) is 15.9. The fourth-order valence-corrected chi connectivity index (χ4v) is 1.22. The van der Waals surface area contributed by atoms with Crippen LogP contribution in [0.3, 0.4) is 0 Å². The quantitative estimate of drug-likeness (QED) is 0.329. The average Bonchev–Trinajstić information content (AvgIpc) is 2.60. The maximum atomic E-state index is 8.58. The van der Waals surface area contributed by atoms with Crippen LogP contribution >= 0.6 is 0 Å². The Morgan fingerprint density at radius 3 is 2.79 bits per heavy atom. The summed E-state index contributed by atoms with van der Waals surface area (Å²) < 4.78 is 1.73. The number of amidine groups is 1. The Balaban J connectivity index is 3.15. The molecule has 5 nitrogen and oxygen atoms in total. The van der Waals surface area contributed by atoms with Gasteiger partial charge in [0.2, 0.25) is 0 Å². The van der Waals surface area contributed by atoms with Crippen molar-refractivity contribution in [2.75, 3.05) is 0 Å². The molecule has 78 valence electrons. The van der Waals surface area contributed by atoms with Crippen molar-refractivity contribution in [3.63, 3.8) is 0 Å². The zero-order valence-corrected chi connectivity index (χ0v) is 8.73. The summed E-state index contributed by atoms with van der Waals surface area (Å²) in [7, 11) is 0. The number of aromatic nitrogens is 2. The van der Waals surface area contributed by atoms with Crippen LogP contribution in [0.4, 0.5) is 0 Å². The normalized spacial score (nSPS) is 12.4. The first-order valence-corrected chi connectivity index (χ1v) is 4.65. The first-order chi connectivity index (χ1) is 6.60. The molecule has 0 amide bonds. The summed E-state index contributed by atoms with van der Waals surface area (Å²) in [6.07, 6.45) is 0. The van der Waals surface area contributed by atoms with Crippen molar-refractivity contribution in [3.05, 3.63) is 17.5 Å². The van der Waals surface area contributed by atoms with Gasteiger partial charge in [0.05, 0.1) is 5.69 Å². The van der Waals surface area contributed by atoms with E-state index in [1.54, 1.807) is 4.68 Å². The van der Waals surface area contributed by atoms with Gasteiger partial charge in [-0.05, 0) is 18.9 Å². The lowest BCUT2D eigenvalue weighted by Gasteiger charge is -2.01. The molecule has 0 fully saturated rings. The summed E-state index contributed by atoms with van der Waals surface area (Å²) in [5.74, 6) is 0.444. The molecule has 0 spiro atoms. The van der Waals surface area contributed by atoms with E-state index < -0.39 is 0 Å². The predicted octanol–water partition coefficient (Wildman–Crippen LogP) is 1.12. The second-order valence-corrected chi connectivity index (χ2v) is 3.41. The van der Waals surface area contributed by atoms with Gasteiger partial charge in [0.15, 0.2) is 5.84 Å². The van der Waals surface area contributed by atoms with Crippen LogP contribution in [0.2, 0.25) is 0 Å². The molecular formula is C9H16N4O. The highest BCUT2D eigenvalue weighted by molar-refractivity contribution is 5.95. The fourth-order valence-electron chi connectivity index (χ4n) is 1.22.